The minimum atomic E-state index is -0.691. The molecule has 108 valence electrons. The van der Waals surface area contributed by atoms with Crippen LogP contribution in [0.1, 0.15) is 64.2 Å². The second-order valence-electron chi connectivity index (χ2n) is 6.64. The minimum absolute atomic E-state index is 0.139. The summed E-state index contributed by atoms with van der Waals surface area (Å²) in [5, 5.41) is 12.6. The first kappa shape index (κ1) is 13.4. The molecule has 1 unspecified atom stereocenters. The van der Waals surface area contributed by atoms with Gasteiger partial charge in [0.15, 0.2) is 0 Å². The van der Waals surface area contributed by atoms with Crippen LogP contribution in [-0.4, -0.2) is 34.9 Å². The van der Waals surface area contributed by atoms with E-state index in [1.165, 1.54) is 38.5 Å². The van der Waals surface area contributed by atoms with Crippen molar-refractivity contribution in [2.24, 2.45) is 0 Å². The highest BCUT2D eigenvalue weighted by molar-refractivity contribution is 5.79. The monoisotopic (exact) mass is 267 g/mol. The molecule has 0 amide bonds. The fraction of sp³-hybridized carbons (Fsp3) is 0.933. The number of carbonyl (C=O) groups is 1. The molecule has 2 aliphatic carbocycles. The second kappa shape index (κ2) is 5.06. The van der Waals surface area contributed by atoms with Crippen molar-refractivity contribution in [1.29, 1.82) is 0 Å². The lowest BCUT2D eigenvalue weighted by molar-refractivity contribution is -0.149. The summed E-state index contributed by atoms with van der Waals surface area (Å²) in [6.07, 6.45) is 11.3. The highest BCUT2D eigenvalue weighted by Gasteiger charge is 2.46. The third-order valence-electron chi connectivity index (χ3n) is 5.39. The number of carboxylic acids is 1. The molecule has 3 aliphatic rings. The number of hydrogen-bond acceptors (Lipinski definition) is 3. The Hall–Kier alpha value is -0.610. The van der Waals surface area contributed by atoms with E-state index in [-0.39, 0.29) is 11.7 Å². The average molecular weight is 267 g/mol. The van der Waals surface area contributed by atoms with Gasteiger partial charge >= 0.3 is 5.97 Å². The topological polar surface area (TPSA) is 58.6 Å². The predicted molar refractivity (Wildman–Crippen MR) is 72.1 cm³/mol. The maximum atomic E-state index is 11.3. The van der Waals surface area contributed by atoms with Gasteiger partial charge in [0.2, 0.25) is 0 Å². The summed E-state index contributed by atoms with van der Waals surface area (Å²) in [6, 6.07) is 0. The van der Waals surface area contributed by atoms with Gasteiger partial charge in [-0.2, -0.15) is 0 Å². The lowest BCUT2D eigenvalue weighted by atomic mass is 9.76. The van der Waals surface area contributed by atoms with E-state index >= 15 is 0 Å². The fourth-order valence-electron chi connectivity index (χ4n) is 3.91. The van der Waals surface area contributed by atoms with Gasteiger partial charge in [-0.05, 0) is 44.9 Å². The fourth-order valence-corrected chi connectivity index (χ4v) is 3.91. The number of ether oxygens (including phenoxy) is 1. The van der Waals surface area contributed by atoms with Crippen LogP contribution in [0.15, 0.2) is 0 Å². The molecule has 1 aliphatic heterocycles. The molecule has 4 nitrogen and oxygen atoms in total. The largest absolute Gasteiger partial charge is 0.480 e. The Morgan fingerprint density at radius 2 is 1.84 bits per heavy atom. The minimum Gasteiger partial charge on any atom is -0.480 e. The Labute approximate surface area is 114 Å². The Morgan fingerprint density at radius 3 is 2.42 bits per heavy atom. The normalized spacial score (nSPS) is 32.1. The predicted octanol–water partition coefficient (Wildman–Crippen LogP) is 2.47. The zero-order valence-corrected chi connectivity index (χ0v) is 11.6. The van der Waals surface area contributed by atoms with Gasteiger partial charge in [-0.3, -0.25) is 10.1 Å². The maximum Gasteiger partial charge on any atom is 0.323 e. The van der Waals surface area contributed by atoms with E-state index in [1.54, 1.807) is 0 Å². The standard InChI is InChI=1S/C15H25NO3/c17-13(18)15(8-4-9-15)16-11-12-5-10-14(19-12)6-2-1-3-7-14/h12,16H,1-11H2,(H,17,18). The number of hydrogen-bond donors (Lipinski definition) is 2. The van der Waals surface area contributed by atoms with Crippen LogP contribution in [0.25, 0.3) is 0 Å². The van der Waals surface area contributed by atoms with Crippen LogP contribution in [0, 0.1) is 0 Å². The van der Waals surface area contributed by atoms with E-state index in [2.05, 4.69) is 5.32 Å². The molecule has 4 heteroatoms. The van der Waals surface area contributed by atoms with Crippen LogP contribution in [0.2, 0.25) is 0 Å². The Kier molecular flexibility index (Phi) is 3.56. The molecule has 2 saturated carbocycles. The highest BCUT2D eigenvalue weighted by Crippen LogP contribution is 2.42. The SMILES string of the molecule is O=C(O)C1(NCC2CCC3(CCCCC3)O2)CCC1. The van der Waals surface area contributed by atoms with Gasteiger partial charge in [0.1, 0.15) is 5.54 Å². The molecule has 0 radical (unpaired) electrons. The van der Waals surface area contributed by atoms with Gasteiger partial charge in [0, 0.05) is 6.54 Å². The zero-order valence-electron chi connectivity index (χ0n) is 11.6. The molecule has 0 aromatic rings. The Balaban J connectivity index is 1.50. The third kappa shape index (κ3) is 2.52. The first-order valence-electron chi connectivity index (χ1n) is 7.81. The number of aliphatic carboxylic acids is 1. The Morgan fingerprint density at radius 1 is 1.11 bits per heavy atom. The number of nitrogens with one attached hydrogen (secondary N) is 1. The lowest BCUT2D eigenvalue weighted by Crippen LogP contribution is -2.58. The third-order valence-corrected chi connectivity index (χ3v) is 5.39. The van der Waals surface area contributed by atoms with Crippen molar-refractivity contribution in [2.45, 2.75) is 81.5 Å². The molecular weight excluding hydrogens is 242 g/mol. The summed E-state index contributed by atoms with van der Waals surface area (Å²) in [4.78, 5) is 11.3. The molecule has 1 atom stereocenters. The van der Waals surface area contributed by atoms with E-state index in [9.17, 15) is 9.90 Å². The summed E-state index contributed by atoms with van der Waals surface area (Å²) >= 11 is 0. The summed E-state index contributed by atoms with van der Waals surface area (Å²) in [5.41, 5.74) is -0.508. The molecule has 1 heterocycles. The van der Waals surface area contributed by atoms with Crippen molar-refractivity contribution >= 4 is 5.97 Å². The van der Waals surface area contributed by atoms with Crippen LogP contribution >= 0.6 is 0 Å². The summed E-state index contributed by atoms with van der Waals surface area (Å²) in [5.74, 6) is -0.691. The second-order valence-corrected chi connectivity index (χ2v) is 6.64. The van der Waals surface area contributed by atoms with E-state index in [0.717, 1.165) is 25.7 Å². The molecule has 0 bridgehead atoms. The van der Waals surface area contributed by atoms with Crippen molar-refractivity contribution in [1.82, 2.24) is 5.32 Å². The van der Waals surface area contributed by atoms with Crippen molar-refractivity contribution in [2.75, 3.05) is 6.54 Å². The van der Waals surface area contributed by atoms with E-state index < -0.39 is 11.5 Å². The smallest absolute Gasteiger partial charge is 0.323 e. The maximum absolute atomic E-state index is 11.3. The first-order chi connectivity index (χ1) is 9.14. The average Bonchev–Trinajstić information content (AvgIpc) is 2.71. The molecule has 3 rings (SSSR count). The zero-order chi connectivity index (χ0) is 13.3. The van der Waals surface area contributed by atoms with Crippen molar-refractivity contribution in [3.8, 4) is 0 Å². The van der Waals surface area contributed by atoms with Gasteiger partial charge in [-0.15, -0.1) is 0 Å². The Bertz CT molecular complexity index is 345. The summed E-state index contributed by atoms with van der Waals surface area (Å²) in [7, 11) is 0. The van der Waals surface area contributed by atoms with E-state index in [1.807, 2.05) is 0 Å². The van der Waals surface area contributed by atoms with E-state index in [0.29, 0.717) is 6.54 Å². The van der Waals surface area contributed by atoms with Crippen molar-refractivity contribution in [3.63, 3.8) is 0 Å². The van der Waals surface area contributed by atoms with Crippen LogP contribution in [0.3, 0.4) is 0 Å². The van der Waals surface area contributed by atoms with Gasteiger partial charge in [-0.25, -0.2) is 0 Å². The van der Waals surface area contributed by atoms with Crippen LogP contribution in [-0.2, 0) is 9.53 Å². The summed E-state index contributed by atoms with van der Waals surface area (Å²) in [6.45, 7) is 0.702. The highest BCUT2D eigenvalue weighted by atomic mass is 16.5. The molecule has 2 N–H and O–H groups in total. The molecule has 3 fully saturated rings. The van der Waals surface area contributed by atoms with Gasteiger partial charge in [0.25, 0.3) is 0 Å². The van der Waals surface area contributed by atoms with Crippen LogP contribution < -0.4 is 5.32 Å². The molecule has 0 aromatic heterocycles. The first-order valence-corrected chi connectivity index (χ1v) is 7.81. The van der Waals surface area contributed by atoms with Crippen molar-refractivity contribution < 1.29 is 14.6 Å². The number of rotatable bonds is 4. The van der Waals surface area contributed by atoms with Crippen LogP contribution in [0.4, 0.5) is 0 Å². The van der Waals surface area contributed by atoms with Crippen molar-refractivity contribution in [3.05, 3.63) is 0 Å². The molecule has 0 aromatic carbocycles. The van der Waals surface area contributed by atoms with Gasteiger partial charge in [-0.1, -0.05) is 19.3 Å². The summed E-state index contributed by atoms with van der Waals surface area (Å²) < 4.78 is 6.28. The van der Waals surface area contributed by atoms with Gasteiger partial charge in [0.05, 0.1) is 11.7 Å². The molecular formula is C15H25NO3. The quantitative estimate of drug-likeness (QED) is 0.821. The number of carboxylic acid groups (broad SMARTS) is 1. The van der Waals surface area contributed by atoms with Gasteiger partial charge < -0.3 is 9.84 Å². The van der Waals surface area contributed by atoms with E-state index in [4.69, 9.17) is 4.74 Å². The molecule has 19 heavy (non-hydrogen) atoms. The lowest BCUT2D eigenvalue weighted by Gasteiger charge is -2.39. The van der Waals surface area contributed by atoms with Crippen LogP contribution in [0.5, 0.6) is 0 Å². The molecule has 1 saturated heterocycles. The molecule has 1 spiro atoms.